The van der Waals surface area contributed by atoms with Gasteiger partial charge in [0.2, 0.25) is 5.82 Å². The third-order valence-corrected chi connectivity index (χ3v) is 5.39. The number of phenols is 1. The number of hydrogen-bond donors (Lipinski definition) is 3. The first-order valence-corrected chi connectivity index (χ1v) is 9.00. The van der Waals surface area contributed by atoms with Crippen LogP contribution in [0.5, 0.6) is 5.75 Å². The van der Waals surface area contributed by atoms with E-state index in [0.29, 0.717) is 22.4 Å². The van der Waals surface area contributed by atoms with Crippen molar-refractivity contribution >= 4 is 35.2 Å². The van der Waals surface area contributed by atoms with E-state index in [9.17, 15) is 28.6 Å². The lowest BCUT2D eigenvalue weighted by Crippen LogP contribution is -2.24. The SMILES string of the molecule is O=C(O)C1=C(NC(=O)c2ccc(F)c(F)c2O)SCC1c1ccc(Cl)cc1. The lowest BCUT2D eigenvalue weighted by molar-refractivity contribution is -0.132. The molecule has 3 N–H and O–H groups in total. The first kappa shape index (κ1) is 19.2. The van der Waals surface area contributed by atoms with E-state index in [4.69, 9.17) is 11.6 Å². The van der Waals surface area contributed by atoms with Crippen molar-refractivity contribution in [1.82, 2.24) is 5.32 Å². The molecule has 5 nitrogen and oxygen atoms in total. The number of hydrogen-bond acceptors (Lipinski definition) is 4. The Morgan fingerprint density at radius 3 is 2.44 bits per heavy atom. The highest BCUT2D eigenvalue weighted by Gasteiger charge is 2.34. The molecule has 27 heavy (non-hydrogen) atoms. The van der Waals surface area contributed by atoms with Crippen molar-refractivity contribution in [2.24, 2.45) is 0 Å². The number of carboxylic acids is 1. The number of rotatable bonds is 4. The van der Waals surface area contributed by atoms with Gasteiger partial charge in [0.15, 0.2) is 11.6 Å². The van der Waals surface area contributed by atoms with Gasteiger partial charge in [0.25, 0.3) is 5.91 Å². The smallest absolute Gasteiger partial charge is 0.334 e. The number of nitrogens with one attached hydrogen (secondary N) is 1. The van der Waals surface area contributed by atoms with Gasteiger partial charge in [-0.25, -0.2) is 9.18 Å². The Hall–Kier alpha value is -2.58. The Morgan fingerprint density at radius 2 is 1.81 bits per heavy atom. The number of phenolic OH excluding ortho intramolecular Hbond substituents is 1. The first-order chi connectivity index (χ1) is 12.8. The number of benzene rings is 2. The summed E-state index contributed by atoms with van der Waals surface area (Å²) in [6.07, 6.45) is 0. The minimum atomic E-state index is -1.55. The summed E-state index contributed by atoms with van der Waals surface area (Å²) < 4.78 is 26.6. The predicted molar refractivity (Wildman–Crippen MR) is 96.8 cm³/mol. The van der Waals surface area contributed by atoms with Crippen LogP contribution in [0.15, 0.2) is 47.0 Å². The number of carbonyl (C=O) groups is 2. The quantitative estimate of drug-likeness (QED) is 0.710. The second-order valence-corrected chi connectivity index (χ2v) is 7.14. The molecule has 3 rings (SSSR count). The van der Waals surface area contributed by atoms with E-state index in [1.165, 1.54) is 0 Å². The van der Waals surface area contributed by atoms with Crippen molar-refractivity contribution in [2.75, 3.05) is 5.75 Å². The molecular weight excluding hydrogens is 400 g/mol. The maximum absolute atomic E-state index is 13.5. The van der Waals surface area contributed by atoms with Crippen molar-refractivity contribution in [2.45, 2.75) is 5.92 Å². The van der Waals surface area contributed by atoms with Gasteiger partial charge >= 0.3 is 5.97 Å². The van der Waals surface area contributed by atoms with Crippen LogP contribution >= 0.6 is 23.4 Å². The summed E-state index contributed by atoms with van der Waals surface area (Å²) in [4.78, 5) is 24.1. The Bertz CT molecular complexity index is 963. The summed E-state index contributed by atoms with van der Waals surface area (Å²) in [6, 6.07) is 8.29. The number of carbonyl (C=O) groups excluding carboxylic acids is 1. The van der Waals surface area contributed by atoms with Gasteiger partial charge in [-0.1, -0.05) is 23.7 Å². The van der Waals surface area contributed by atoms with Gasteiger partial charge in [0, 0.05) is 16.7 Å². The number of aliphatic carboxylic acids is 1. The van der Waals surface area contributed by atoms with Crippen LogP contribution in [-0.4, -0.2) is 27.8 Å². The van der Waals surface area contributed by atoms with Gasteiger partial charge in [-0.3, -0.25) is 4.79 Å². The molecule has 1 unspecified atom stereocenters. The second kappa shape index (κ2) is 7.58. The average Bonchev–Trinajstić information content (AvgIpc) is 3.04. The van der Waals surface area contributed by atoms with Crippen molar-refractivity contribution < 1.29 is 28.6 Å². The first-order valence-electron chi connectivity index (χ1n) is 7.63. The largest absolute Gasteiger partial charge is 0.504 e. The van der Waals surface area contributed by atoms with Crippen LogP contribution in [0.1, 0.15) is 21.8 Å². The molecule has 1 aliphatic rings. The van der Waals surface area contributed by atoms with Crippen LogP contribution in [0.25, 0.3) is 0 Å². The molecule has 0 aliphatic carbocycles. The van der Waals surface area contributed by atoms with Crippen LogP contribution in [0.4, 0.5) is 8.78 Å². The maximum Gasteiger partial charge on any atom is 0.334 e. The molecule has 0 saturated heterocycles. The molecule has 0 radical (unpaired) electrons. The molecule has 1 atom stereocenters. The highest BCUT2D eigenvalue weighted by molar-refractivity contribution is 8.03. The van der Waals surface area contributed by atoms with Gasteiger partial charge in [-0.05, 0) is 29.8 Å². The molecule has 1 aliphatic heterocycles. The van der Waals surface area contributed by atoms with Gasteiger partial charge in [-0.2, -0.15) is 4.39 Å². The summed E-state index contributed by atoms with van der Waals surface area (Å²) >= 11 is 6.96. The maximum atomic E-state index is 13.5. The van der Waals surface area contributed by atoms with Crippen LogP contribution in [-0.2, 0) is 4.79 Å². The Balaban J connectivity index is 1.92. The minimum absolute atomic E-state index is 0.0299. The second-order valence-electron chi connectivity index (χ2n) is 5.67. The Kier molecular flexibility index (Phi) is 5.38. The van der Waals surface area contributed by atoms with Gasteiger partial charge in [0.05, 0.1) is 16.2 Å². The van der Waals surface area contributed by atoms with E-state index in [1.54, 1.807) is 24.3 Å². The third kappa shape index (κ3) is 3.77. The Labute approximate surface area is 161 Å². The zero-order valence-electron chi connectivity index (χ0n) is 13.5. The van der Waals surface area contributed by atoms with E-state index in [1.807, 2.05) is 0 Å². The normalized spacial score (nSPS) is 16.5. The molecule has 0 bridgehead atoms. The minimum Gasteiger partial charge on any atom is -0.504 e. The zero-order valence-corrected chi connectivity index (χ0v) is 15.1. The molecular formula is C18H12ClF2NO4S. The molecule has 1 amide bonds. The molecule has 1 heterocycles. The molecule has 2 aromatic rings. The summed E-state index contributed by atoms with van der Waals surface area (Å²) in [6.45, 7) is 0. The molecule has 9 heteroatoms. The highest BCUT2D eigenvalue weighted by Crippen LogP contribution is 2.41. The lowest BCUT2D eigenvalue weighted by Gasteiger charge is -2.12. The van der Waals surface area contributed by atoms with E-state index in [2.05, 4.69) is 5.32 Å². The number of thioether (sulfide) groups is 1. The van der Waals surface area contributed by atoms with Crippen molar-refractivity contribution in [3.05, 3.63) is 74.8 Å². The van der Waals surface area contributed by atoms with Crippen LogP contribution < -0.4 is 5.32 Å². The van der Waals surface area contributed by atoms with Gasteiger partial charge in [0.1, 0.15) is 0 Å². The fraction of sp³-hybridized carbons (Fsp3) is 0.111. The standard InChI is InChI=1S/C18H12ClF2NO4S/c19-9-3-1-8(2-4-9)11-7-27-17(13(11)18(25)26)22-16(24)10-5-6-12(20)14(21)15(10)23/h1-6,11,23H,7H2,(H,22,24)(H,25,26). The van der Waals surface area contributed by atoms with Crippen LogP contribution in [0.2, 0.25) is 5.02 Å². The monoisotopic (exact) mass is 411 g/mol. The van der Waals surface area contributed by atoms with Crippen LogP contribution in [0.3, 0.4) is 0 Å². The highest BCUT2D eigenvalue weighted by atomic mass is 35.5. The topological polar surface area (TPSA) is 86.6 Å². The molecule has 0 aromatic heterocycles. The van der Waals surface area contributed by atoms with Gasteiger partial charge < -0.3 is 15.5 Å². The fourth-order valence-electron chi connectivity index (χ4n) is 2.69. The van der Waals surface area contributed by atoms with E-state index in [0.717, 1.165) is 17.8 Å². The van der Waals surface area contributed by atoms with Gasteiger partial charge in [-0.15, -0.1) is 11.8 Å². The lowest BCUT2D eigenvalue weighted by atomic mass is 9.93. The third-order valence-electron chi connectivity index (χ3n) is 4.03. The van der Waals surface area contributed by atoms with E-state index in [-0.39, 0.29) is 10.6 Å². The summed E-state index contributed by atoms with van der Waals surface area (Å²) in [5.74, 6) is -6.27. The van der Waals surface area contributed by atoms with E-state index >= 15 is 0 Å². The molecule has 0 spiro atoms. The van der Waals surface area contributed by atoms with Crippen molar-refractivity contribution in [1.29, 1.82) is 0 Å². The molecule has 2 aromatic carbocycles. The number of halogens is 3. The van der Waals surface area contributed by atoms with E-state index < -0.39 is 40.7 Å². The zero-order chi connectivity index (χ0) is 19.7. The number of carboxylic acid groups (broad SMARTS) is 1. The van der Waals surface area contributed by atoms with Crippen molar-refractivity contribution in [3.8, 4) is 5.75 Å². The summed E-state index contributed by atoms with van der Waals surface area (Å²) in [5, 5.41) is 22.2. The molecule has 0 saturated carbocycles. The summed E-state index contributed by atoms with van der Waals surface area (Å²) in [5.41, 5.74) is 0.184. The summed E-state index contributed by atoms with van der Waals surface area (Å²) in [7, 11) is 0. The average molecular weight is 412 g/mol. The molecule has 140 valence electrons. The Morgan fingerprint density at radius 1 is 1.15 bits per heavy atom. The van der Waals surface area contributed by atoms with Crippen LogP contribution in [0, 0.1) is 11.6 Å². The number of amides is 1. The van der Waals surface area contributed by atoms with Crippen molar-refractivity contribution in [3.63, 3.8) is 0 Å². The molecule has 0 fully saturated rings. The number of aromatic hydroxyl groups is 1. The fourth-order valence-corrected chi connectivity index (χ4v) is 4.06. The predicted octanol–water partition coefficient (Wildman–Crippen LogP) is 3.88.